The molecule has 0 saturated carbocycles. The summed E-state index contributed by atoms with van der Waals surface area (Å²) in [5.41, 5.74) is 5.31. The van der Waals surface area contributed by atoms with Crippen LogP contribution in [0.2, 0.25) is 0 Å². The Labute approximate surface area is 97.2 Å². The molecule has 1 rings (SSSR count). The number of benzene rings is 1. The van der Waals surface area contributed by atoms with Crippen molar-refractivity contribution in [3.63, 3.8) is 0 Å². The summed E-state index contributed by atoms with van der Waals surface area (Å²) in [5, 5.41) is 0. The van der Waals surface area contributed by atoms with Crippen LogP contribution in [0.4, 0.5) is 13.2 Å². The number of nitrogens with two attached hydrogens (primary N) is 1. The highest BCUT2D eigenvalue weighted by Gasteiger charge is 2.34. The SMILES string of the molecule is CCSCC(N)c1ccccc1C(F)(F)F. The molecule has 16 heavy (non-hydrogen) atoms. The molecule has 5 heteroatoms. The van der Waals surface area contributed by atoms with E-state index in [4.69, 9.17) is 5.73 Å². The first-order valence-electron chi connectivity index (χ1n) is 4.96. The van der Waals surface area contributed by atoms with Gasteiger partial charge in [0.25, 0.3) is 0 Å². The van der Waals surface area contributed by atoms with Crippen LogP contribution in [0.1, 0.15) is 24.1 Å². The molecule has 0 amide bonds. The first-order chi connectivity index (χ1) is 7.46. The van der Waals surface area contributed by atoms with Crippen molar-refractivity contribution in [3.8, 4) is 0 Å². The lowest BCUT2D eigenvalue weighted by Gasteiger charge is -2.17. The summed E-state index contributed by atoms with van der Waals surface area (Å²) in [4.78, 5) is 0. The smallest absolute Gasteiger partial charge is 0.323 e. The van der Waals surface area contributed by atoms with Gasteiger partial charge in [0.05, 0.1) is 5.56 Å². The Kier molecular flexibility index (Phi) is 4.68. The molecule has 1 atom stereocenters. The van der Waals surface area contributed by atoms with Crippen LogP contribution in [0, 0.1) is 0 Å². The van der Waals surface area contributed by atoms with Gasteiger partial charge in [-0.1, -0.05) is 25.1 Å². The zero-order valence-corrected chi connectivity index (χ0v) is 9.74. The summed E-state index contributed by atoms with van der Waals surface area (Å²) >= 11 is 1.54. The Morgan fingerprint density at radius 3 is 2.50 bits per heavy atom. The number of halogens is 3. The maximum Gasteiger partial charge on any atom is 0.416 e. The third-order valence-electron chi connectivity index (χ3n) is 2.17. The predicted octanol–water partition coefficient (Wildman–Crippen LogP) is 3.46. The molecule has 0 heterocycles. The van der Waals surface area contributed by atoms with E-state index in [-0.39, 0.29) is 5.56 Å². The topological polar surface area (TPSA) is 26.0 Å². The zero-order chi connectivity index (χ0) is 12.2. The molecule has 0 aliphatic carbocycles. The van der Waals surface area contributed by atoms with Gasteiger partial charge in [0.2, 0.25) is 0 Å². The highest BCUT2D eigenvalue weighted by atomic mass is 32.2. The Morgan fingerprint density at radius 1 is 1.31 bits per heavy atom. The average molecular weight is 249 g/mol. The molecule has 2 N–H and O–H groups in total. The Morgan fingerprint density at radius 2 is 1.94 bits per heavy atom. The van der Waals surface area contributed by atoms with Gasteiger partial charge in [0, 0.05) is 11.8 Å². The van der Waals surface area contributed by atoms with Gasteiger partial charge in [-0.3, -0.25) is 0 Å². The maximum atomic E-state index is 12.7. The van der Waals surface area contributed by atoms with E-state index in [9.17, 15) is 13.2 Å². The molecule has 0 aromatic heterocycles. The summed E-state index contributed by atoms with van der Waals surface area (Å²) in [6, 6.07) is 4.92. The molecule has 1 nitrogen and oxygen atoms in total. The summed E-state index contributed by atoms with van der Waals surface area (Å²) in [6.07, 6.45) is -4.33. The van der Waals surface area contributed by atoms with E-state index in [0.29, 0.717) is 5.75 Å². The largest absolute Gasteiger partial charge is 0.416 e. The van der Waals surface area contributed by atoms with Crippen molar-refractivity contribution < 1.29 is 13.2 Å². The van der Waals surface area contributed by atoms with Crippen molar-refractivity contribution in [3.05, 3.63) is 35.4 Å². The van der Waals surface area contributed by atoms with E-state index in [1.165, 1.54) is 23.9 Å². The van der Waals surface area contributed by atoms with Gasteiger partial charge in [-0.25, -0.2) is 0 Å². The molecule has 0 aliphatic rings. The lowest BCUT2D eigenvalue weighted by Crippen LogP contribution is -2.19. The van der Waals surface area contributed by atoms with E-state index in [0.717, 1.165) is 11.8 Å². The third kappa shape index (κ3) is 3.42. The van der Waals surface area contributed by atoms with E-state index in [1.54, 1.807) is 6.07 Å². The molecular formula is C11H14F3NS. The highest BCUT2D eigenvalue weighted by molar-refractivity contribution is 7.99. The summed E-state index contributed by atoms with van der Waals surface area (Å²) in [5.74, 6) is 1.35. The normalized spacial score (nSPS) is 13.8. The van der Waals surface area contributed by atoms with Crippen LogP contribution in [-0.2, 0) is 6.18 Å². The number of hydrogen-bond donors (Lipinski definition) is 1. The molecule has 0 aliphatic heterocycles. The quantitative estimate of drug-likeness (QED) is 0.884. The second-order valence-corrected chi connectivity index (χ2v) is 4.67. The molecule has 0 spiro atoms. The highest BCUT2D eigenvalue weighted by Crippen LogP contribution is 2.34. The minimum Gasteiger partial charge on any atom is -0.323 e. The van der Waals surface area contributed by atoms with Crippen LogP contribution < -0.4 is 5.73 Å². The van der Waals surface area contributed by atoms with Crippen LogP contribution in [0.15, 0.2) is 24.3 Å². The Bertz CT molecular complexity index is 338. The molecule has 0 radical (unpaired) electrons. The van der Waals surface area contributed by atoms with Gasteiger partial charge in [-0.05, 0) is 17.4 Å². The molecular weight excluding hydrogens is 235 g/mol. The van der Waals surface area contributed by atoms with Crippen molar-refractivity contribution in [1.82, 2.24) is 0 Å². The van der Waals surface area contributed by atoms with E-state index >= 15 is 0 Å². The van der Waals surface area contributed by atoms with Crippen LogP contribution in [0.25, 0.3) is 0 Å². The van der Waals surface area contributed by atoms with Gasteiger partial charge >= 0.3 is 6.18 Å². The minimum atomic E-state index is -4.33. The van der Waals surface area contributed by atoms with Crippen LogP contribution >= 0.6 is 11.8 Å². The fourth-order valence-corrected chi connectivity index (χ4v) is 2.08. The first-order valence-corrected chi connectivity index (χ1v) is 6.11. The van der Waals surface area contributed by atoms with Crippen molar-refractivity contribution >= 4 is 11.8 Å². The fourth-order valence-electron chi connectivity index (χ4n) is 1.41. The lowest BCUT2D eigenvalue weighted by molar-refractivity contribution is -0.138. The summed E-state index contributed by atoms with van der Waals surface area (Å²) < 4.78 is 38.0. The molecule has 0 bridgehead atoms. The van der Waals surface area contributed by atoms with E-state index in [2.05, 4.69) is 0 Å². The number of rotatable bonds is 4. The lowest BCUT2D eigenvalue weighted by atomic mass is 10.0. The van der Waals surface area contributed by atoms with Gasteiger partial charge in [0.1, 0.15) is 0 Å². The molecule has 90 valence electrons. The number of hydrogen-bond acceptors (Lipinski definition) is 2. The molecule has 1 aromatic carbocycles. The fraction of sp³-hybridized carbons (Fsp3) is 0.455. The second-order valence-electron chi connectivity index (χ2n) is 3.35. The predicted molar refractivity (Wildman–Crippen MR) is 61.4 cm³/mol. The average Bonchev–Trinajstić information content (AvgIpc) is 2.24. The van der Waals surface area contributed by atoms with Crippen LogP contribution in [-0.4, -0.2) is 11.5 Å². The van der Waals surface area contributed by atoms with Crippen molar-refractivity contribution in [2.75, 3.05) is 11.5 Å². The van der Waals surface area contributed by atoms with E-state index < -0.39 is 17.8 Å². The van der Waals surface area contributed by atoms with Crippen LogP contribution in [0.5, 0.6) is 0 Å². The Balaban J connectivity index is 2.94. The molecule has 0 saturated heterocycles. The van der Waals surface area contributed by atoms with Gasteiger partial charge in [0.15, 0.2) is 0 Å². The summed E-state index contributed by atoms with van der Waals surface area (Å²) in [7, 11) is 0. The zero-order valence-electron chi connectivity index (χ0n) is 8.92. The number of thioether (sulfide) groups is 1. The van der Waals surface area contributed by atoms with E-state index in [1.807, 2.05) is 6.92 Å². The number of alkyl halides is 3. The second kappa shape index (κ2) is 5.59. The minimum absolute atomic E-state index is 0.177. The van der Waals surface area contributed by atoms with Crippen molar-refractivity contribution in [2.45, 2.75) is 19.1 Å². The summed E-state index contributed by atoms with van der Waals surface area (Å²) in [6.45, 7) is 1.95. The molecule has 0 fully saturated rings. The standard InChI is InChI=1S/C11H14F3NS/c1-2-16-7-10(15)8-5-3-4-6-9(8)11(12,13)14/h3-6,10H,2,7,15H2,1H3. The van der Waals surface area contributed by atoms with Crippen LogP contribution in [0.3, 0.4) is 0 Å². The maximum absolute atomic E-state index is 12.7. The van der Waals surface area contributed by atoms with Crippen molar-refractivity contribution in [1.29, 1.82) is 0 Å². The van der Waals surface area contributed by atoms with Gasteiger partial charge < -0.3 is 5.73 Å². The van der Waals surface area contributed by atoms with Gasteiger partial charge in [-0.15, -0.1) is 0 Å². The van der Waals surface area contributed by atoms with Gasteiger partial charge in [-0.2, -0.15) is 24.9 Å². The molecule has 1 unspecified atom stereocenters. The monoisotopic (exact) mass is 249 g/mol. The third-order valence-corrected chi connectivity index (χ3v) is 3.17. The first kappa shape index (κ1) is 13.4. The Hall–Kier alpha value is -0.680. The van der Waals surface area contributed by atoms with Crippen molar-refractivity contribution in [2.24, 2.45) is 5.73 Å². The molecule has 1 aromatic rings.